The van der Waals surface area contributed by atoms with Gasteiger partial charge in [0.2, 0.25) is 5.88 Å². The van der Waals surface area contributed by atoms with E-state index in [9.17, 15) is 18.0 Å². The maximum absolute atomic E-state index is 11.9. The average Bonchev–Trinajstić information content (AvgIpc) is 2.15. The van der Waals surface area contributed by atoms with E-state index >= 15 is 0 Å². The van der Waals surface area contributed by atoms with Crippen LogP contribution in [-0.2, 0) is 13.0 Å². The third-order valence-electron chi connectivity index (χ3n) is 1.90. The molecule has 0 aliphatic heterocycles. The number of pyridine rings is 1. The van der Waals surface area contributed by atoms with Crippen LogP contribution in [0.25, 0.3) is 0 Å². The molecule has 1 rings (SSSR count). The molecule has 3 N–H and O–H groups in total. The Balaban J connectivity index is 3.21. The molecule has 1 aromatic rings. The van der Waals surface area contributed by atoms with Crippen LogP contribution in [0, 0.1) is 11.3 Å². The molecular weight excluding hydrogens is 239 g/mol. The van der Waals surface area contributed by atoms with E-state index in [1.807, 2.05) is 4.98 Å². The zero-order valence-corrected chi connectivity index (χ0v) is 8.47. The van der Waals surface area contributed by atoms with Crippen LogP contribution in [0.1, 0.15) is 11.1 Å². The first kappa shape index (κ1) is 13.1. The van der Waals surface area contributed by atoms with Crippen molar-refractivity contribution < 1.29 is 17.9 Å². The number of hydrogen-bond acceptors (Lipinski definition) is 4. The van der Waals surface area contributed by atoms with Crippen molar-refractivity contribution in [1.82, 2.24) is 4.98 Å². The topological polar surface area (TPSA) is 91.9 Å². The Bertz CT molecular complexity index is 502. The summed E-state index contributed by atoms with van der Waals surface area (Å²) in [5, 5.41) is 8.49. The molecular formula is C9H8F3N3O2. The van der Waals surface area contributed by atoms with E-state index in [1.165, 1.54) is 0 Å². The Morgan fingerprint density at radius 2 is 2.18 bits per heavy atom. The summed E-state index contributed by atoms with van der Waals surface area (Å²) >= 11 is 0. The number of ether oxygens (including phenoxy) is 1. The van der Waals surface area contributed by atoms with E-state index in [1.54, 1.807) is 6.07 Å². The zero-order valence-electron chi connectivity index (χ0n) is 8.47. The standard InChI is InChI=1S/C9H8F3N3O2/c10-9(11,12)17-7-3-5(1-2-13)6(4-14)8(16)15-7/h3H,1,4,14H2,(H,15,16). The number of rotatable bonds is 3. The molecule has 17 heavy (non-hydrogen) atoms. The Labute approximate surface area is 93.6 Å². The van der Waals surface area contributed by atoms with Crippen LogP contribution in [0.15, 0.2) is 10.9 Å². The predicted molar refractivity (Wildman–Crippen MR) is 51.0 cm³/mol. The van der Waals surface area contributed by atoms with E-state index in [-0.39, 0.29) is 24.1 Å². The van der Waals surface area contributed by atoms with Gasteiger partial charge < -0.3 is 10.5 Å². The van der Waals surface area contributed by atoms with Crippen LogP contribution in [0.2, 0.25) is 0 Å². The van der Waals surface area contributed by atoms with Crippen molar-refractivity contribution in [1.29, 1.82) is 5.26 Å². The van der Waals surface area contributed by atoms with Crippen molar-refractivity contribution in [3.8, 4) is 11.9 Å². The molecule has 0 radical (unpaired) electrons. The summed E-state index contributed by atoms with van der Waals surface area (Å²) in [7, 11) is 0. The molecule has 0 spiro atoms. The smallest absolute Gasteiger partial charge is 0.390 e. The summed E-state index contributed by atoms with van der Waals surface area (Å²) in [5.41, 5.74) is 4.67. The quantitative estimate of drug-likeness (QED) is 0.826. The lowest BCUT2D eigenvalue weighted by molar-refractivity contribution is -0.276. The van der Waals surface area contributed by atoms with Gasteiger partial charge in [-0.15, -0.1) is 13.2 Å². The van der Waals surface area contributed by atoms with Gasteiger partial charge in [0, 0.05) is 18.2 Å². The van der Waals surface area contributed by atoms with Crippen molar-refractivity contribution >= 4 is 0 Å². The van der Waals surface area contributed by atoms with Crippen LogP contribution >= 0.6 is 0 Å². The Morgan fingerprint density at radius 1 is 1.53 bits per heavy atom. The fourth-order valence-electron chi connectivity index (χ4n) is 1.26. The summed E-state index contributed by atoms with van der Waals surface area (Å²) in [6.45, 7) is -0.168. The highest BCUT2D eigenvalue weighted by Gasteiger charge is 2.32. The molecule has 92 valence electrons. The summed E-state index contributed by atoms with van der Waals surface area (Å²) in [5.74, 6) is -0.759. The lowest BCUT2D eigenvalue weighted by Gasteiger charge is -2.10. The van der Waals surface area contributed by atoms with Crippen LogP contribution in [0.3, 0.4) is 0 Å². The molecule has 0 fully saturated rings. The van der Waals surface area contributed by atoms with Gasteiger partial charge in [-0.25, -0.2) is 0 Å². The van der Waals surface area contributed by atoms with E-state index in [0.717, 1.165) is 6.07 Å². The maximum Gasteiger partial charge on any atom is 0.574 e. The largest absolute Gasteiger partial charge is 0.574 e. The van der Waals surface area contributed by atoms with Gasteiger partial charge in [-0.1, -0.05) is 0 Å². The van der Waals surface area contributed by atoms with Crippen molar-refractivity contribution in [2.24, 2.45) is 5.73 Å². The molecule has 0 aliphatic rings. The summed E-state index contributed by atoms with van der Waals surface area (Å²) < 4.78 is 39.4. The molecule has 0 aliphatic carbocycles. The first-order valence-electron chi connectivity index (χ1n) is 4.45. The van der Waals surface area contributed by atoms with Gasteiger partial charge in [-0.05, 0) is 5.56 Å². The van der Waals surface area contributed by atoms with Crippen LogP contribution in [0.4, 0.5) is 13.2 Å². The van der Waals surface area contributed by atoms with Crippen molar-refractivity contribution in [3.05, 3.63) is 27.5 Å². The van der Waals surface area contributed by atoms with E-state index in [4.69, 9.17) is 11.0 Å². The van der Waals surface area contributed by atoms with Gasteiger partial charge in [0.25, 0.3) is 5.56 Å². The highest BCUT2D eigenvalue weighted by molar-refractivity contribution is 5.31. The van der Waals surface area contributed by atoms with E-state index in [2.05, 4.69) is 4.74 Å². The summed E-state index contributed by atoms with van der Waals surface area (Å²) in [6.07, 6.45) is -5.12. The van der Waals surface area contributed by atoms with Crippen LogP contribution in [-0.4, -0.2) is 11.3 Å². The van der Waals surface area contributed by atoms with Gasteiger partial charge in [-0.2, -0.15) is 5.26 Å². The van der Waals surface area contributed by atoms with Crippen LogP contribution in [0.5, 0.6) is 5.88 Å². The second-order valence-electron chi connectivity index (χ2n) is 3.05. The number of nitrogens with one attached hydrogen (secondary N) is 1. The maximum atomic E-state index is 11.9. The zero-order chi connectivity index (χ0) is 13.1. The van der Waals surface area contributed by atoms with Crippen molar-refractivity contribution in [2.45, 2.75) is 19.3 Å². The number of halogens is 3. The molecule has 0 aromatic carbocycles. The molecule has 0 saturated heterocycles. The molecule has 0 amide bonds. The average molecular weight is 247 g/mol. The molecule has 0 bridgehead atoms. The first-order chi connectivity index (χ1) is 7.87. The van der Waals surface area contributed by atoms with Crippen LogP contribution < -0.4 is 16.0 Å². The molecule has 8 heteroatoms. The monoisotopic (exact) mass is 247 g/mol. The first-order valence-corrected chi connectivity index (χ1v) is 4.45. The fraction of sp³-hybridized carbons (Fsp3) is 0.333. The molecule has 1 heterocycles. The highest BCUT2D eigenvalue weighted by atomic mass is 19.4. The second-order valence-corrected chi connectivity index (χ2v) is 3.05. The van der Waals surface area contributed by atoms with E-state index in [0.29, 0.717) is 0 Å². The fourth-order valence-corrected chi connectivity index (χ4v) is 1.26. The molecule has 0 unspecified atom stereocenters. The Kier molecular flexibility index (Phi) is 3.75. The van der Waals surface area contributed by atoms with Gasteiger partial charge >= 0.3 is 6.36 Å². The lowest BCUT2D eigenvalue weighted by Crippen LogP contribution is -2.23. The minimum atomic E-state index is -4.91. The number of nitriles is 1. The van der Waals surface area contributed by atoms with Crippen molar-refractivity contribution in [2.75, 3.05) is 0 Å². The lowest BCUT2D eigenvalue weighted by atomic mass is 10.1. The molecule has 5 nitrogen and oxygen atoms in total. The molecule has 0 saturated carbocycles. The third-order valence-corrected chi connectivity index (χ3v) is 1.90. The SMILES string of the molecule is N#CCc1cc(OC(F)(F)F)[nH]c(=O)c1CN. The number of alkyl halides is 3. The summed E-state index contributed by atoms with van der Waals surface area (Å²) in [4.78, 5) is 13.3. The number of nitrogens with two attached hydrogens (primary N) is 1. The highest BCUT2D eigenvalue weighted by Crippen LogP contribution is 2.21. The molecule has 0 atom stereocenters. The third kappa shape index (κ3) is 3.49. The van der Waals surface area contributed by atoms with Gasteiger partial charge in [0.1, 0.15) is 0 Å². The number of hydrogen-bond donors (Lipinski definition) is 2. The van der Waals surface area contributed by atoms with Crippen molar-refractivity contribution in [3.63, 3.8) is 0 Å². The Morgan fingerprint density at radius 3 is 2.65 bits per heavy atom. The summed E-state index contributed by atoms with van der Waals surface area (Å²) in [6, 6.07) is 2.68. The number of H-pyrrole nitrogens is 1. The second kappa shape index (κ2) is 4.88. The molecule has 1 aromatic heterocycles. The van der Waals surface area contributed by atoms with Gasteiger partial charge in [0.15, 0.2) is 0 Å². The minimum Gasteiger partial charge on any atom is -0.390 e. The normalized spacial score (nSPS) is 11.0. The predicted octanol–water partition coefficient (Wildman–Crippen LogP) is 0.798. The van der Waals surface area contributed by atoms with Gasteiger partial charge in [0.05, 0.1) is 12.5 Å². The minimum absolute atomic E-state index is 0.0704. The number of aromatic nitrogens is 1. The number of nitrogens with zero attached hydrogens (tertiary/aromatic N) is 1. The number of aromatic amines is 1. The Hall–Kier alpha value is -2.01. The van der Waals surface area contributed by atoms with E-state index < -0.39 is 17.8 Å². The van der Waals surface area contributed by atoms with Gasteiger partial charge in [-0.3, -0.25) is 9.78 Å².